The molecule has 0 unspecified atom stereocenters. The average molecular weight is 465 g/mol. The fraction of sp³-hybridized carbons (Fsp3) is 0.0690. The first-order valence-corrected chi connectivity index (χ1v) is 11.4. The Morgan fingerprint density at radius 1 is 0.500 bits per heavy atom. The van der Waals surface area contributed by atoms with Gasteiger partial charge in [-0.25, -0.2) is 0 Å². The van der Waals surface area contributed by atoms with Gasteiger partial charge in [0, 0.05) is 22.5 Å². The number of ether oxygens (including phenoxy) is 2. The van der Waals surface area contributed by atoms with Crippen molar-refractivity contribution in [2.75, 3.05) is 14.2 Å². The number of methoxy groups -OCH3 is 2. The number of para-hydroxylation sites is 2. The van der Waals surface area contributed by atoms with Crippen molar-refractivity contribution < 1.29 is 9.47 Å². The predicted molar refractivity (Wildman–Crippen MR) is 140 cm³/mol. The zero-order valence-corrected chi connectivity index (χ0v) is 19.8. The Morgan fingerprint density at radius 3 is 1.18 bits per heavy atom. The van der Waals surface area contributed by atoms with Gasteiger partial charge in [-0.15, -0.1) is 0 Å². The van der Waals surface area contributed by atoms with Crippen LogP contribution in [-0.4, -0.2) is 23.4 Å². The second-order valence-electron chi connectivity index (χ2n) is 7.78. The molecule has 0 aliphatic carbocycles. The van der Waals surface area contributed by atoms with Gasteiger partial charge in [0.1, 0.15) is 11.5 Å². The Kier molecular flexibility index (Phi) is 6.02. The Balaban J connectivity index is 1.90. The van der Waals surface area contributed by atoms with E-state index in [1.807, 2.05) is 60.7 Å². The molecule has 0 bridgehead atoms. The van der Waals surface area contributed by atoms with Gasteiger partial charge in [0.2, 0.25) is 0 Å². The second-order valence-corrected chi connectivity index (χ2v) is 8.14. The molecule has 34 heavy (non-hydrogen) atoms. The molecule has 0 aliphatic heterocycles. The van der Waals surface area contributed by atoms with Crippen LogP contribution in [0.2, 0.25) is 0 Å². The average Bonchev–Trinajstić information content (AvgIpc) is 3.22. The van der Waals surface area contributed by atoms with Crippen LogP contribution in [0.5, 0.6) is 11.5 Å². The molecule has 0 amide bonds. The molecule has 0 atom stereocenters. The highest BCUT2D eigenvalue weighted by Crippen LogP contribution is 2.39. The van der Waals surface area contributed by atoms with Crippen LogP contribution in [0, 0.1) is 4.77 Å². The van der Waals surface area contributed by atoms with Gasteiger partial charge in [-0.1, -0.05) is 36.4 Å². The maximum absolute atomic E-state index is 6.14. The van der Waals surface area contributed by atoms with Crippen molar-refractivity contribution >= 4 is 12.2 Å². The fourth-order valence-electron chi connectivity index (χ4n) is 4.17. The van der Waals surface area contributed by atoms with Gasteiger partial charge in [0.25, 0.3) is 0 Å². The normalized spacial score (nSPS) is 10.8. The lowest BCUT2D eigenvalue weighted by Gasteiger charge is -2.13. The molecule has 5 aromatic rings. The summed E-state index contributed by atoms with van der Waals surface area (Å²) >= 11 is 6.14. The third-order valence-corrected chi connectivity index (χ3v) is 6.17. The number of aromatic nitrogens is 2. The molecule has 4 aromatic carbocycles. The lowest BCUT2D eigenvalue weighted by molar-refractivity contribution is 0.414. The van der Waals surface area contributed by atoms with Gasteiger partial charge in [0.15, 0.2) is 4.77 Å². The van der Waals surface area contributed by atoms with E-state index in [0.717, 1.165) is 45.4 Å². The molecule has 1 aromatic heterocycles. The highest BCUT2D eigenvalue weighted by atomic mass is 32.1. The monoisotopic (exact) mass is 464 g/mol. The fourth-order valence-corrected chi connectivity index (χ4v) is 4.56. The smallest absolute Gasteiger partial charge is 0.190 e. The summed E-state index contributed by atoms with van der Waals surface area (Å²) in [7, 11) is 3.35. The lowest BCUT2D eigenvalue weighted by atomic mass is 10.0. The Labute approximate surface area is 204 Å². The summed E-state index contributed by atoms with van der Waals surface area (Å²) in [6.07, 6.45) is 0. The predicted octanol–water partition coefficient (Wildman–Crippen LogP) is 7.35. The molecule has 0 saturated heterocycles. The van der Waals surface area contributed by atoms with Crippen molar-refractivity contribution in [2.24, 2.45) is 0 Å². The van der Waals surface area contributed by atoms with Crippen LogP contribution in [0.15, 0.2) is 109 Å². The standard InChI is InChI=1S/C29H24N2O2S/c1-32-25-17-13-21(14-18-25)27-28(22-15-19-26(33-2)20-16-22)31(24-11-7-4-8-12-24)29(34)30(27)23-9-5-3-6-10-23/h3-20H,1-2H3. The number of hydrogen-bond acceptors (Lipinski definition) is 3. The quantitative estimate of drug-likeness (QED) is 0.246. The largest absolute Gasteiger partial charge is 0.497 e. The molecule has 0 radical (unpaired) electrons. The van der Waals surface area contributed by atoms with Crippen LogP contribution in [-0.2, 0) is 0 Å². The van der Waals surface area contributed by atoms with Crippen LogP contribution in [0.4, 0.5) is 0 Å². The van der Waals surface area contributed by atoms with E-state index in [1.165, 1.54) is 0 Å². The van der Waals surface area contributed by atoms with E-state index in [2.05, 4.69) is 57.7 Å². The van der Waals surface area contributed by atoms with Crippen molar-refractivity contribution in [1.29, 1.82) is 0 Å². The highest BCUT2D eigenvalue weighted by Gasteiger charge is 2.23. The number of imidazole rings is 1. The minimum Gasteiger partial charge on any atom is -0.497 e. The molecule has 4 nitrogen and oxygen atoms in total. The van der Waals surface area contributed by atoms with Gasteiger partial charge in [-0.2, -0.15) is 0 Å². The Bertz CT molecular complexity index is 1340. The maximum atomic E-state index is 6.14. The van der Waals surface area contributed by atoms with Crippen LogP contribution >= 0.6 is 12.2 Å². The molecule has 5 rings (SSSR count). The highest BCUT2D eigenvalue weighted by molar-refractivity contribution is 7.71. The molecule has 1 heterocycles. The van der Waals surface area contributed by atoms with Crippen molar-refractivity contribution in [3.05, 3.63) is 114 Å². The lowest BCUT2D eigenvalue weighted by Crippen LogP contribution is -1.99. The van der Waals surface area contributed by atoms with E-state index in [1.54, 1.807) is 14.2 Å². The SMILES string of the molecule is COc1ccc(-c2c(-c3ccc(OC)cc3)n(-c3ccccc3)c(=S)n2-c2ccccc2)cc1. The summed E-state index contributed by atoms with van der Waals surface area (Å²) in [5, 5.41) is 0. The Morgan fingerprint density at radius 2 is 0.853 bits per heavy atom. The summed E-state index contributed by atoms with van der Waals surface area (Å²) in [5.41, 5.74) is 6.10. The third-order valence-electron chi connectivity index (χ3n) is 5.81. The molecular weight excluding hydrogens is 440 g/mol. The summed E-state index contributed by atoms with van der Waals surface area (Å²) in [5.74, 6) is 1.61. The molecular formula is C29H24N2O2S. The molecule has 0 N–H and O–H groups in total. The number of hydrogen-bond donors (Lipinski definition) is 0. The van der Waals surface area contributed by atoms with Crippen molar-refractivity contribution in [1.82, 2.24) is 9.13 Å². The molecule has 168 valence electrons. The second kappa shape index (κ2) is 9.41. The van der Waals surface area contributed by atoms with Gasteiger partial charge < -0.3 is 9.47 Å². The number of rotatable bonds is 6. The minimum absolute atomic E-state index is 0.689. The van der Waals surface area contributed by atoms with Crippen LogP contribution in [0.25, 0.3) is 33.9 Å². The topological polar surface area (TPSA) is 28.3 Å². The molecule has 0 aliphatic rings. The number of nitrogens with zero attached hydrogens (tertiary/aromatic N) is 2. The van der Waals surface area contributed by atoms with E-state index >= 15 is 0 Å². The van der Waals surface area contributed by atoms with E-state index in [-0.39, 0.29) is 0 Å². The van der Waals surface area contributed by atoms with E-state index in [4.69, 9.17) is 21.7 Å². The van der Waals surface area contributed by atoms with Gasteiger partial charge in [-0.05, 0) is 85.0 Å². The van der Waals surface area contributed by atoms with E-state index < -0.39 is 0 Å². The summed E-state index contributed by atoms with van der Waals surface area (Å²) < 4.78 is 15.8. The zero-order valence-electron chi connectivity index (χ0n) is 19.0. The first-order chi connectivity index (χ1) is 16.7. The van der Waals surface area contributed by atoms with Crippen molar-refractivity contribution in [3.63, 3.8) is 0 Å². The first kappa shape index (κ1) is 21.7. The van der Waals surface area contributed by atoms with Crippen molar-refractivity contribution in [3.8, 4) is 45.4 Å². The first-order valence-electron chi connectivity index (χ1n) is 11.0. The summed E-state index contributed by atoms with van der Waals surface area (Å²) in [6, 6.07) is 36.7. The van der Waals surface area contributed by atoms with E-state index in [0.29, 0.717) is 4.77 Å². The van der Waals surface area contributed by atoms with Gasteiger partial charge >= 0.3 is 0 Å². The Hall–Kier alpha value is -4.09. The third kappa shape index (κ3) is 3.91. The summed E-state index contributed by atoms with van der Waals surface area (Å²) in [6.45, 7) is 0. The zero-order chi connectivity index (χ0) is 23.5. The van der Waals surface area contributed by atoms with Crippen LogP contribution < -0.4 is 9.47 Å². The van der Waals surface area contributed by atoms with Crippen LogP contribution in [0.1, 0.15) is 0 Å². The molecule has 0 fully saturated rings. The number of benzene rings is 4. The van der Waals surface area contributed by atoms with Crippen molar-refractivity contribution in [2.45, 2.75) is 0 Å². The van der Waals surface area contributed by atoms with Gasteiger partial charge in [0.05, 0.1) is 25.6 Å². The molecule has 5 heteroatoms. The van der Waals surface area contributed by atoms with Crippen LogP contribution in [0.3, 0.4) is 0 Å². The molecule has 0 saturated carbocycles. The minimum atomic E-state index is 0.689. The summed E-state index contributed by atoms with van der Waals surface area (Å²) in [4.78, 5) is 0. The maximum Gasteiger partial charge on any atom is 0.190 e. The molecule has 0 spiro atoms. The van der Waals surface area contributed by atoms with E-state index in [9.17, 15) is 0 Å². The van der Waals surface area contributed by atoms with Gasteiger partial charge in [-0.3, -0.25) is 9.13 Å².